The molecule has 1 fully saturated rings. The topological polar surface area (TPSA) is 37.3 Å². The van der Waals surface area contributed by atoms with Crippen LogP contribution in [0.2, 0.25) is 0 Å². The molecule has 1 saturated carbocycles. The maximum atomic E-state index is 11.9. The van der Waals surface area contributed by atoms with Crippen LogP contribution in [0.25, 0.3) is 0 Å². The van der Waals surface area contributed by atoms with Gasteiger partial charge in [0.25, 0.3) is 0 Å². The van der Waals surface area contributed by atoms with E-state index in [0.717, 1.165) is 37.2 Å². The average molecular weight is 288 g/mol. The van der Waals surface area contributed by atoms with Gasteiger partial charge in [-0.3, -0.25) is 4.79 Å². The van der Waals surface area contributed by atoms with E-state index < -0.39 is 11.4 Å². The Morgan fingerprint density at radius 2 is 1.81 bits per heavy atom. The van der Waals surface area contributed by atoms with E-state index in [1.54, 1.807) is 0 Å². The van der Waals surface area contributed by atoms with Crippen LogP contribution < -0.4 is 0 Å². The minimum Gasteiger partial charge on any atom is -0.481 e. The highest BCUT2D eigenvalue weighted by molar-refractivity contribution is 5.75. The van der Waals surface area contributed by atoms with Gasteiger partial charge in [-0.1, -0.05) is 51.5 Å². The molecule has 0 amide bonds. The van der Waals surface area contributed by atoms with E-state index >= 15 is 0 Å². The Labute approximate surface area is 128 Å². The molecular formula is C19H28O2. The first-order valence-corrected chi connectivity index (χ1v) is 8.29. The van der Waals surface area contributed by atoms with E-state index in [2.05, 4.69) is 45.0 Å². The summed E-state index contributed by atoms with van der Waals surface area (Å²) in [4.78, 5) is 11.9. The molecule has 2 rings (SSSR count). The summed E-state index contributed by atoms with van der Waals surface area (Å²) in [5.74, 6) is 0.637. The van der Waals surface area contributed by atoms with E-state index in [-0.39, 0.29) is 0 Å². The van der Waals surface area contributed by atoms with Crippen LogP contribution in [0.4, 0.5) is 0 Å². The van der Waals surface area contributed by atoms with E-state index in [0.29, 0.717) is 12.3 Å². The largest absolute Gasteiger partial charge is 0.481 e. The first-order valence-electron chi connectivity index (χ1n) is 8.29. The summed E-state index contributed by atoms with van der Waals surface area (Å²) in [6.45, 7) is 6.57. The van der Waals surface area contributed by atoms with Crippen LogP contribution >= 0.6 is 0 Å². The van der Waals surface area contributed by atoms with E-state index in [4.69, 9.17) is 0 Å². The molecule has 116 valence electrons. The van der Waals surface area contributed by atoms with E-state index in [1.807, 2.05) is 0 Å². The molecule has 1 aliphatic carbocycles. The number of hydrogen-bond donors (Lipinski definition) is 1. The number of rotatable bonds is 5. The van der Waals surface area contributed by atoms with Crippen LogP contribution in [-0.4, -0.2) is 11.1 Å². The van der Waals surface area contributed by atoms with Crippen molar-refractivity contribution in [2.45, 2.75) is 65.2 Å². The predicted molar refractivity (Wildman–Crippen MR) is 86.6 cm³/mol. The van der Waals surface area contributed by atoms with Crippen molar-refractivity contribution in [3.05, 3.63) is 35.4 Å². The van der Waals surface area contributed by atoms with Gasteiger partial charge in [-0.25, -0.2) is 0 Å². The standard InChI is InChI=1S/C19H28O2/c1-4-15-9-11-19(12-10-15,18(20)21)13-16-5-7-17(8-6-16)14(2)3/h5-8,14-15H,4,9-13H2,1-3H3,(H,20,21). The fourth-order valence-electron chi connectivity index (χ4n) is 3.52. The normalized spacial score (nSPS) is 26.0. The molecular weight excluding hydrogens is 260 g/mol. The molecule has 0 radical (unpaired) electrons. The minimum atomic E-state index is -0.606. The molecule has 2 nitrogen and oxygen atoms in total. The highest BCUT2D eigenvalue weighted by Crippen LogP contribution is 2.42. The lowest BCUT2D eigenvalue weighted by Gasteiger charge is -2.36. The lowest BCUT2D eigenvalue weighted by atomic mass is 9.67. The summed E-state index contributed by atoms with van der Waals surface area (Å²) in [6.07, 6.45) is 5.63. The first kappa shape index (κ1) is 16.1. The molecule has 1 aromatic rings. The van der Waals surface area contributed by atoms with Gasteiger partial charge < -0.3 is 5.11 Å². The van der Waals surface area contributed by atoms with Gasteiger partial charge in [0, 0.05) is 0 Å². The fraction of sp³-hybridized carbons (Fsp3) is 0.632. The molecule has 0 aliphatic heterocycles. The summed E-state index contributed by atoms with van der Waals surface area (Å²) in [7, 11) is 0. The molecule has 0 aromatic heterocycles. The molecule has 0 unspecified atom stereocenters. The van der Waals surface area contributed by atoms with Crippen molar-refractivity contribution in [2.24, 2.45) is 11.3 Å². The molecule has 0 atom stereocenters. The third-order valence-corrected chi connectivity index (χ3v) is 5.28. The zero-order chi connectivity index (χ0) is 15.5. The third kappa shape index (κ3) is 3.66. The van der Waals surface area contributed by atoms with Crippen LogP contribution in [0.3, 0.4) is 0 Å². The van der Waals surface area contributed by atoms with E-state index in [9.17, 15) is 9.90 Å². The second kappa shape index (κ2) is 6.64. The van der Waals surface area contributed by atoms with Crippen LogP contribution in [-0.2, 0) is 11.2 Å². The van der Waals surface area contributed by atoms with Crippen LogP contribution in [0.15, 0.2) is 24.3 Å². The second-order valence-corrected chi connectivity index (χ2v) is 7.01. The van der Waals surface area contributed by atoms with Crippen LogP contribution in [0, 0.1) is 11.3 Å². The van der Waals surface area contributed by atoms with Gasteiger partial charge in [0.2, 0.25) is 0 Å². The lowest BCUT2D eigenvalue weighted by molar-refractivity contribution is -0.151. The quantitative estimate of drug-likeness (QED) is 0.825. The molecule has 1 aromatic carbocycles. The molecule has 21 heavy (non-hydrogen) atoms. The summed E-state index contributed by atoms with van der Waals surface area (Å²) in [5, 5.41) is 9.75. The predicted octanol–water partition coefficient (Wildman–Crippen LogP) is 5.02. The summed E-state index contributed by atoms with van der Waals surface area (Å²) in [5.41, 5.74) is 1.94. The van der Waals surface area contributed by atoms with E-state index in [1.165, 1.54) is 12.0 Å². The average Bonchev–Trinajstić information content (AvgIpc) is 2.48. The SMILES string of the molecule is CCC1CCC(Cc2ccc(C(C)C)cc2)(C(=O)O)CC1. The molecule has 0 saturated heterocycles. The molecule has 0 heterocycles. The van der Waals surface area contributed by atoms with Crippen molar-refractivity contribution in [3.63, 3.8) is 0 Å². The lowest BCUT2D eigenvalue weighted by Crippen LogP contribution is -2.37. The summed E-state index contributed by atoms with van der Waals surface area (Å²) in [6, 6.07) is 8.53. The Morgan fingerprint density at radius 1 is 1.24 bits per heavy atom. The second-order valence-electron chi connectivity index (χ2n) is 7.01. The van der Waals surface area contributed by atoms with Crippen molar-refractivity contribution in [1.82, 2.24) is 0 Å². The Bertz CT molecular complexity index is 465. The maximum absolute atomic E-state index is 11.9. The highest BCUT2D eigenvalue weighted by atomic mass is 16.4. The van der Waals surface area contributed by atoms with Crippen LogP contribution in [0.5, 0.6) is 0 Å². The van der Waals surface area contributed by atoms with Gasteiger partial charge in [-0.15, -0.1) is 0 Å². The fourth-order valence-corrected chi connectivity index (χ4v) is 3.52. The van der Waals surface area contributed by atoms with Crippen molar-refractivity contribution in [1.29, 1.82) is 0 Å². The number of carboxylic acid groups (broad SMARTS) is 1. The van der Waals surface area contributed by atoms with Gasteiger partial charge in [0.05, 0.1) is 5.41 Å². The smallest absolute Gasteiger partial charge is 0.309 e. The Balaban J connectivity index is 2.11. The molecule has 2 heteroatoms. The number of benzene rings is 1. The Morgan fingerprint density at radius 3 is 2.24 bits per heavy atom. The number of carbonyl (C=O) groups is 1. The Hall–Kier alpha value is -1.31. The minimum absolute atomic E-state index is 0.521. The summed E-state index contributed by atoms with van der Waals surface area (Å²) >= 11 is 0. The van der Waals surface area contributed by atoms with Crippen LogP contribution in [0.1, 0.15) is 69.9 Å². The first-order chi connectivity index (χ1) is 9.97. The van der Waals surface area contributed by atoms with Crippen molar-refractivity contribution < 1.29 is 9.90 Å². The Kier molecular flexibility index (Phi) is 5.08. The monoisotopic (exact) mass is 288 g/mol. The zero-order valence-corrected chi connectivity index (χ0v) is 13.6. The van der Waals surface area contributed by atoms with Gasteiger partial charge in [-0.2, -0.15) is 0 Å². The zero-order valence-electron chi connectivity index (χ0n) is 13.6. The van der Waals surface area contributed by atoms with Gasteiger partial charge in [0.15, 0.2) is 0 Å². The van der Waals surface area contributed by atoms with Crippen molar-refractivity contribution >= 4 is 5.97 Å². The van der Waals surface area contributed by atoms with Gasteiger partial charge in [0.1, 0.15) is 0 Å². The maximum Gasteiger partial charge on any atom is 0.309 e. The molecule has 0 bridgehead atoms. The number of aliphatic carboxylic acids is 1. The number of hydrogen-bond acceptors (Lipinski definition) is 1. The number of carboxylic acids is 1. The van der Waals surface area contributed by atoms with Gasteiger partial charge >= 0.3 is 5.97 Å². The third-order valence-electron chi connectivity index (χ3n) is 5.28. The molecule has 0 spiro atoms. The van der Waals surface area contributed by atoms with Crippen molar-refractivity contribution in [2.75, 3.05) is 0 Å². The molecule has 1 N–H and O–H groups in total. The highest BCUT2D eigenvalue weighted by Gasteiger charge is 2.41. The molecule has 1 aliphatic rings. The summed E-state index contributed by atoms with van der Waals surface area (Å²) < 4.78 is 0. The van der Waals surface area contributed by atoms with Crippen molar-refractivity contribution in [3.8, 4) is 0 Å². The van der Waals surface area contributed by atoms with Gasteiger partial charge in [-0.05, 0) is 55.1 Å².